The predicted octanol–water partition coefficient (Wildman–Crippen LogP) is 3.00. The van der Waals surface area contributed by atoms with E-state index in [1.807, 2.05) is 0 Å². The summed E-state index contributed by atoms with van der Waals surface area (Å²) in [5.41, 5.74) is 6.05. The van der Waals surface area contributed by atoms with Gasteiger partial charge in [-0.25, -0.2) is 0 Å². The second-order valence-electron chi connectivity index (χ2n) is 6.23. The Balaban J connectivity index is 1.67. The highest BCUT2D eigenvalue weighted by molar-refractivity contribution is 7.80. The molecule has 0 saturated heterocycles. The molecule has 30 heavy (non-hydrogen) atoms. The third kappa shape index (κ3) is 7.69. The van der Waals surface area contributed by atoms with Gasteiger partial charge in [0.1, 0.15) is 11.5 Å². The van der Waals surface area contributed by atoms with Gasteiger partial charge in [-0.3, -0.25) is 30.6 Å². The Morgan fingerprint density at radius 2 is 1.80 bits per heavy atom. The van der Waals surface area contributed by atoms with E-state index in [-0.39, 0.29) is 23.9 Å². The summed E-state index contributed by atoms with van der Waals surface area (Å²) < 4.78 is 5.30. The van der Waals surface area contributed by atoms with Crippen molar-refractivity contribution in [3.8, 4) is 0 Å². The molecule has 0 aliphatic heterocycles. The maximum absolute atomic E-state index is 12.0. The fourth-order valence-corrected chi connectivity index (χ4v) is 2.58. The maximum Gasteiger partial charge on any atom is 0.250 e. The van der Waals surface area contributed by atoms with E-state index < -0.39 is 11.8 Å². The molecule has 0 bridgehead atoms. The van der Waals surface area contributed by atoms with Gasteiger partial charge in [0.2, 0.25) is 17.7 Å². The van der Waals surface area contributed by atoms with Crippen molar-refractivity contribution >= 4 is 58.4 Å². The Morgan fingerprint density at radius 3 is 2.50 bits per heavy atom. The summed E-state index contributed by atoms with van der Waals surface area (Å²) in [6.07, 6.45) is 2.62. The fraction of sp³-hybridized carbons (Fsp3) is 0.200. The third-order valence-corrected chi connectivity index (χ3v) is 4.45. The molecule has 0 aliphatic rings. The number of furan rings is 1. The smallest absolute Gasteiger partial charge is 0.250 e. The topological polar surface area (TPSA) is 112 Å². The van der Waals surface area contributed by atoms with Gasteiger partial charge in [0.25, 0.3) is 0 Å². The van der Waals surface area contributed by atoms with Crippen LogP contribution in [0.4, 0.5) is 5.69 Å². The molecule has 158 valence electrons. The van der Waals surface area contributed by atoms with Crippen LogP contribution in [0.15, 0.2) is 40.8 Å². The van der Waals surface area contributed by atoms with Gasteiger partial charge in [-0.2, -0.15) is 0 Å². The Kier molecular flexibility index (Phi) is 8.57. The van der Waals surface area contributed by atoms with Gasteiger partial charge in [-0.15, -0.1) is 0 Å². The lowest BCUT2D eigenvalue weighted by Gasteiger charge is -2.11. The molecule has 0 spiro atoms. The lowest BCUT2D eigenvalue weighted by Crippen LogP contribution is -2.48. The van der Waals surface area contributed by atoms with Crippen molar-refractivity contribution in [2.24, 2.45) is 0 Å². The molecule has 8 nitrogen and oxygen atoms in total. The molecule has 1 heterocycles. The van der Waals surface area contributed by atoms with Gasteiger partial charge >= 0.3 is 0 Å². The zero-order valence-electron chi connectivity index (χ0n) is 16.4. The number of hydrogen-bond acceptors (Lipinski definition) is 5. The third-order valence-electron chi connectivity index (χ3n) is 3.83. The molecular weight excluding hydrogens is 428 g/mol. The average Bonchev–Trinajstić information content (AvgIpc) is 3.12. The number of carbonyl (C=O) groups excluding carboxylic acids is 3. The van der Waals surface area contributed by atoms with Gasteiger partial charge in [0, 0.05) is 29.6 Å². The number of anilines is 1. The minimum Gasteiger partial charge on any atom is -0.462 e. The largest absolute Gasteiger partial charge is 0.462 e. The summed E-state index contributed by atoms with van der Waals surface area (Å²) in [5, 5.41) is 5.52. The summed E-state index contributed by atoms with van der Waals surface area (Å²) >= 11 is 10.9. The first kappa shape index (κ1) is 23.1. The second kappa shape index (κ2) is 11.1. The molecule has 2 rings (SSSR count). The van der Waals surface area contributed by atoms with Gasteiger partial charge in [-0.1, -0.05) is 17.7 Å². The Labute approximate surface area is 184 Å². The van der Waals surface area contributed by atoms with Crippen LogP contribution in [0.3, 0.4) is 0 Å². The van der Waals surface area contributed by atoms with Crippen molar-refractivity contribution in [3.05, 3.63) is 58.5 Å². The van der Waals surface area contributed by atoms with Crippen molar-refractivity contribution in [2.75, 3.05) is 5.32 Å². The minimum absolute atomic E-state index is 0.0378. The lowest BCUT2D eigenvalue weighted by molar-refractivity contribution is -0.124. The van der Waals surface area contributed by atoms with Crippen LogP contribution in [0.5, 0.6) is 0 Å². The van der Waals surface area contributed by atoms with E-state index >= 15 is 0 Å². The van der Waals surface area contributed by atoms with Crippen LogP contribution in [0.2, 0.25) is 5.02 Å². The van der Waals surface area contributed by atoms with Crippen molar-refractivity contribution in [3.63, 3.8) is 0 Å². The number of amides is 3. The molecular formula is C20H21ClN4O4S. The Hall–Kier alpha value is -3.17. The predicted molar refractivity (Wildman–Crippen MR) is 119 cm³/mol. The fourth-order valence-electron chi connectivity index (χ4n) is 2.26. The lowest BCUT2D eigenvalue weighted by atomic mass is 10.2. The number of aryl methyl sites for hydroxylation is 1. The van der Waals surface area contributed by atoms with Gasteiger partial charge in [-0.05, 0) is 62.0 Å². The summed E-state index contributed by atoms with van der Waals surface area (Å²) in [5.74, 6) is -0.0321. The monoisotopic (exact) mass is 448 g/mol. The molecule has 1 aromatic carbocycles. The number of carbonyl (C=O) groups is 3. The quantitative estimate of drug-likeness (QED) is 0.307. The van der Waals surface area contributed by atoms with Crippen molar-refractivity contribution in [2.45, 2.75) is 26.7 Å². The number of hydrazine groups is 1. The van der Waals surface area contributed by atoms with E-state index in [0.717, 1.165) is 11.3 Å². The van der Waals surface area contributed by atoms with Crippen molar-refractivity contribution in [1.82, 2.24) is 16.2 Å². The van der Waals surface area contributed by atoms with Crippen LogP contribution in [0.25, 0.3) is 6.08 Å². The summed E-state index contributed by atoms with van der Waals surface area (Å²) in [7, 11) is 0. The Morgan fingerprint density at radius 1 is 1.07 bits per heavy atom. The van der Waals surface area contributed by atoms with Crippen molar-refractivity contribution in [1.29, 1.82) is 0 Å². The zero-order chi connectivity index (χ0) is 22.1. The van der Waals surface area contributed by atoms with Crippen molar-refractivity contribution < 1.29 is 18.8 Å². The van der Waals surface area contributed by atoms with Crippen LogP contribution in [-0.2, 0) is 14.4 Å². The molecule has 10 heteroatoms. The molecule has 0 radical (unpaired) electrons. The van der Waals surface area contributed by atoms with Gasteiger partial charge < -0.3 is 9.73 Å². The van der Waals surface area contributed by atoms with E-state index in [4.69, 9.17) is 28.2 Å². The number of rotatable bonds is 6. The molecule has 4 N–H and O–H groups in total. The molecule has 0 unspecified atom stereocenters. The number of thiocarbonyl (C=S) groups is 1. The molecule has 3 amide bonds. The average molecular weight is 449 g/mol. The molecule has 2 aromatic rings. The first-order valence-electron chi connectivity index (χ1n) is 8.94. The van der Waals surface area contributed by atoms with Gasteiger partial charge in [0.05, 0.1) is 0 Å². The van der Waals surface area contributed by atoms with E-state index in [2.05, 4.69) is 21.5 Å². The van der Waals surface area contributed by atoms with Gasteiger partial charge in [0.15, 0.2) is 5.11 Å². The zero-order valence-corrected chi connectivity index (χ0v) is 17.9. The number of halogens is 1. The first-order valence-corrected chi connectivity index (χ1v) is 9.72. The Bertz CT molecular complexity index is 987. The maximum atomic E-state index is 12.0. The normalized spacial score (nSPS) is 10.5. The second-order valence-corrected chi connectivity index (χ2v) is 7.05. The summed E-state index contributed by atoms with van der Waals surface area (Å²) in [4.78, 5) is 35.6. The van der Waals surface area contributed by atoms with Crippen LogP contribution < -0.4 is 21.5 Å². The molecule has 0 aliphatic carbocycles. The highest BCUT2D eigenvalue weighted by Crippen LogP contribution is 2.23. The van der Waals surface area contributed by atoms with Crippen LogP contribution >= 0.6 is 23.8 Å². The van der Waals surface area contributed by atoms with E-state index in [1.54, 1.807) is 44.2 Å². The standard InChI is InChI=1S/C20H21ClN4O4S/c1-12-6-7-14(29-12)8-9-18(27)23-20(30)25-24-19(28)11-10-17(26)22-16-5-3-4-15(21)13(16)2/h3-9H,10-11H2,1-2H3,(H,22,26)(H,24,28)(H2,23,25,27,30)/b9-8+. The first-order chi connectivity index (χ1) is 14.2. The molecule has 0 saturated carbocycles. The van der Waals surface area contributed by atoms with E-state index in [1.165, 1.54) is 12.2 Å². The molecule has 0 fully saturated rings. The number of benzene rings is 1. The number of hydrogen-bond donors (Lipinski definition) is 4. The SMILES string of the molecule is Cc1ccc(/C=C/C(=O)NC(=S)NNC(=O)CCC(=O)Nc2cccc(Cl)c2C)o1. The van der Waals surface area contributed by atoms with Crippen LogP contribution in [0.1, 0.15) is 29.9 Å². The van der Waals surface area contributed by atoms with Crippen LogP contribution in [0, 0.1) is 13.8 Å². The molecule has 1 aromatic heterocycles. The molecule has 0 atom stereocenters. The minimum atomic E-state index is -0.493. The highest BCUT2D eigenvalue weighted by Gasteiger charge is 2.10. The van der Waals surface area contributed by atoms with E-state index in [9.17, 15) is 14.4 Å². The summed E-state index contributed by atoms with van der Waals surface area (Å²) in [6, 6.07) is 8.67. The number of nitrogens with one attached hydrogen (secondary N) is 4. The van der Waals surface area contributed by atoms with E-state index in [0.29, 0.717) is 16.5 Å². The summed E-state index contributed by atoms with van der Waals surface area (Å²) in [6.45, 7) is 3.58. The highest BCUT2D eigenvalue weighted by atomic mass is 35.5. The van der Waals surface area contributed by atoms with Crippen LogP contribution in [-0.4, -0.2) is 22.8 Å².